The van der Waals surface area contributed by atoms with E-state index in [-0.39, 0.29) is 30.0 Å². The number of aromatic nitrogens is 2. The van der Waals surface area contributed by atoms with E-state index in [2.05, 4.69) is 4.98 Å². The van der Waals surface area contributed by atoms with Crippen molar-refractivity contribution in [2.75, 3.05) is 13.1 Å². The van der Waals surface area contributed by atoms with Crippen molar-refractivity contribution < 1.29 is 18.7 Å². The van der Waals surface area contributed by atoms with Gasteiger partial charge in [0.05, 0.1) is 16.6 Å². The highest BCUT2D eigenvalue weighted by Gasteiger charge is 2.29. The number of hydrogen-bond acceptors (Lipinski definition) is 5. The van der Waals surface area contributed by atoms with Gasteiger partial charge in [0.1, 0.15) is 18.1 Å². The van der Waals surface area contributed by atoms with Crippen molar-refractivity contribution in [3.05, 3.63) is 81.1 Å². The van der Waals surface area contributed by atoms with Gasteiger partial charge in [0, 0.05) is 30.9 Å². The number of rotatable bonds is 4. The molecule has 3 heterocycles. The van der Waals surface area contributed by atoms with Gasteiger partial charge in [-0.1, -0.05) is 11.6 Å². The molecule has 9 heteroatoms. The number of carbonyl (C=O) groups is 2. The maximum Gasteiger partial charge on any atom is 0.309 e. The monoisotopic (exact) mass is 443 g/mol. The lowest BCUT2D eigenvalue weighted by molar-refractivity contribution is -0.151. The molecule has 4 rings (SSSR count). The van der Waals surface area contributed by atoms with Crippen molar-refractivity contribution in [2.24, 2.45) is 5.92 Å². The van der Waals surface area contributed by atoms with Crippen LogP contribution in [0.4, 0.5) is 4.39 Å². The third-order valence-corrected chi connectivity index (χ3v) is 5.47. The highest BCUT2D eigenvalue weighted by molar-refractivity contribution is 6.30. The molecule has 0 radical (unpaired) electrons. The molecule has 1 fully saturated rings. The fraction of sp³-hybridized carbons (Fsp3) is 0.273. The summed E-state index contributed by atoms with van der Waals surface area (Å²) in [4.78, 5) is 43.1. The largest absolute Gasteiger partial charge is 0.459 e. The van der Waals surface area contributed by atoms with Crippen LogP contribution in [0, 0.1) is 11.7 Å². The van der Waals surface area contributed by atoms with E-state index in [1.54, 1.807) is 17.0 Å². The van der Waals surface area contributed by atoms with Crippen LogP contribution in [0.1, 0.15) is 28.9 Å². The number of esters is 1. The lowest BCUT2D eigenvalue weighted by Crippen LogP contribution is -2.40. The molecular weight excluding hydrogens is 425 g/mol. The first-order valence-corrected chi connectivity index (χ1v) is 10.2. The van der Waals surface area contributed by atoms with Crippen molar-refractivity contribution in [1.29, 1.82) is 0 Å². The number of benzene rings is 1. The van der Waals surface area contributed by atoms with Crippen molar-refractivity contribution in [3.63, 3.8) is 0 Å². The molecule has 0 unspecified atom stereocenters. The van der Waals surface area contributed by atoms with Gasteiger partial charge >= 0.3 is 5.97 Å². The molecule has 0 N–H and O–H groups in total. The van der Waals surface area contributed by atoms with Gasteiger partial charge in [-0.25, -0.2) is 9.37 Å². The van der Waals surface area contributed by atoms with Gasteiger partial charge in [-0.05, 0) is 49.2 Å². The van der Waals surface area contributed by atoms with Crippen molar-refractivity contribution in [3.8, 4) is 0 Å². The minimum Gasteiger partial charge on any atom is -0.459 e. The molecule has 2 aromatic heterocycles. The maximum atomic E-state index is 13.0. The van der Waals surface area contributed by atoms with Crippen LogP contribution in [-0.4, -0.2) is 39.3 Å². The molecule has 3 aromatic rings. The van der Waals surface area contributed by atoms with Gasteiger partial charge in [-0.3, -0.25) is 18.8 Å². The quantitative estimate of drug-likeness (QED) is 0.579. The van der Waals surface area contributed by atoms with Crippen LogP contribution < -0.4 is 5.56 Å². The van der Waals surface area contributed by atoms with Crippen LogP contribution in [-0.2, 0) is 16.1 Å². The van der Waals surface area contributed by atoms with Gasteiger partial charge in [0.15, 0.2) is 0 Å². The van der Waals surface area contributed by atoms with E-state index in [0.29, 0.717) is 47.9 Å². The summed E-state index contributed by atoms with van der Waals surface area (Å²) in [5.41, 5.74) is 0.865. The first-order chi connectivity index (χ1) is 14.9. The smallest absolute Gasteiger partial charge is 0.309 e. The van der Waals surface area contributed by atoms with E-state index >= 15 is 0 Å². The number of carbonyl (C=O) groups excluding carboxylic acids is 2. The predicted molar refractivity (Wildman–Crippen MR) is 111 cm³/mol. The summed E-state index contributed by atoms with van der Waals surface area (Å²) in [6.07, 6.45) is 2.42. The van der Waals surface area contributed by atoms with Crippen LogP contribution >= 0.6 is 11.6 Å². The highest BCUT2D eigenvalue weighted by atomic mass is 35.5. The first-order valence-electron chi connectivity index (χ1n) is 9.80. The summed E-state index contributed by atoms with van der Waals surface area (Å²) >= 11 is 5.89. The van der Waals surface area contributed by atoms with Gasteiger partial charge in [0.25, 0.3) is 11.5 Å². The van der Waals surface area contributed by atoms with E-state index in [0.717, 1.165) is 0 Å². The fourth-order valence-corrected chi connectivity index (χ4v) is 3.72. The molecule has 31 heavy (non-hydrogen) atoms. The highest BCUT2D eigenvalue weighted by Crippen LogP contribution is 2.21. The number of ether oxygens (including phenoxy) is 1. The minimum absolute atomic E-state index is 0.109. The van der Waals surface area contributed by atoms with E-state index in [9.17, 15) is 18.8 Å². The Morgan fingerprint density at radius 3 is 2.55 bits per heavy atom. The van der Waals surface area contributed by atoms with Crippen LogP contribution in [0.3, 0.4) is 0 Å². The Bertz CT molecular complexity index is 1190. The zero-order valence-electron chi connectivity index (χ0n) is 16.5. The second-order valence-electron chi connectivity index (χ2n) is 7.34. The summed E-state index contributed by atoms with van der Waals surface area (Å²) in [6.45, 7) is 0.709. The molecular formula is C22H19ClFN3O4. The van der Waals surface area contributed by atoms with E-state index in [1.807, 2.05) is 0 Å². The number of halogens is 2. The van der Waals surface area contributed by atoms with E-state index in [1.165, 1.54) is 40.9 Å². The summed E-state index contributed by atoms with van der Waals surface area (Å²) in [7, 11) is 0. The van der Waals surface area contributed by atoms with Crippen LogP contribution in [0.5, 0.6) is 0 Å². The second kappa shape index (κ2) is 8.85. The molecule has 160 valence electrons. The Kier molecular flexibility index (Phi) is 5.99. The SMILES string of the molecule is O=C(OCc1cc(=O)n2cc(Cl)ccc2n1)C1CCN(C(=O)c2ccc(F)cc2)CC1. The van der Waals surface area contributed by atoms with Gasteiger partial charge < -0.3 is 9.64 Å². The van der Waals surface area contributed by atoms with Crippen LogP contribution in [0.15, 0.2) is 53.5 Å². The predicted octanol–water partition coefficient (Wildman–Crippen LogP) is 3.08. The molecule has 1 saturated heterocycles. The molecule has 1 amide bonds. The lowest BCUT2D eigenvalue weighted by atomic mass is 9.96. The number of pyridine rings is 1. The first kappa shape index (κ1) is 21.0. The van der Waals surface area contributed by atoms with Crippen molar-refractivity contribution >= 4 is 29.1 Å². The minimum atomic E-state index is -0.398. The van der Waals surface area contributed by atoms with Crippen molar-refractivity contribution in [2.45, 2.75) is 19.4 Å². The molecule has 1 aromatic carbocycles. The standard InChI is InChI=1S/C22H19ClFN3O4/c23-16-3-6-19-25-18(11-20(28)27(19)12-16)13-31-22(30)15-7-9-26(10-8-15)21(29)14-1-4-17(24)5-2-14/h1-6,11-12,15H,7-10,13H2. The third kappa shape index (κ3) is 4.74. The van der Waals surface area contributed by atoms with Gasteiger partial charge in [-0.15, -0.1) is 0 Å². The molecule has 0 spiro atoms. The summed E-state index contributed by atoms with van der Waals surface area (Å²) in [5, 5.41) is 0.417. The normalized spacial score (nSPS) is 14.6. The van der Waals surface area contributed by atoms with E-state index < -0.39 is 5.82 Å². The molecule has 7 nitrogen and oxygen atoms in total. The molecule has 0 bridgehead atoms. The number of likely N-dealkylation sites (tertiary alicyclic amines) is 1. The zero-order chi connectivity index (χ0) is 22.0. The number of piperidine rings is 1. The number of nitrogens with zero attached hydrogens (tertiary/aromatic N) is 3. The summed E-state index contributed by atoms with van der Waals surface area (Å²) in [5.74, 6) is -1.30. The van der Waals surface area contributed by atoms with Gasteiger partial charge in [-0.2, -0.15) is 0 Å². The average Bonchev–Trinajstić information content (AvgIpc) is 2.78. The fourth-order valence-electron chi connectivity index (χ4n) is 3.56. The van der Waals surface area contributed by atoms with Crippen LogP contribution in [0.25, 0.3) is 5.65 Å². The molecule has 1 aliphatic heterocycles. The zero-order valence-corrected chi connectivity index (χ0v) is 17.2. The number of amides is 1. The number of hydrogen-bond donors (Lipinski definition) is 0. The topological polar surface area (TPSA) is 81.0 Å². The van der Waals surface area contributed by atoms with Gasteiger partial charge in [0.2, 0.25) is 0 Å². The Morgan fingerprint density at radius 1 is 1.13 bits per heavy atom. The molecule has 0 aliphatic carbocycles. The summed E-state index contributed by atoms with van der Waals surface area (Å²) < 4.78 is 19.7. The van der Waals surface area contributed by atoms with E-state index in [4.69, 9.17) is 16.3 Å². The Morgan fingerprint density at radius 2 is 1.84 bits per heavy atom. The second-order valence-corrected chi connectivity index (χ2v) is 7.78. The average molecular weight is 444 g/mol. The Hall–Kier alpha value is -3.26. The number of fused-ring (bicyclic) bond motifs is 1. The maximum absolute atomic E-state index is 13.0. The summed E-state index contributed by atoms with van der Waals surface area (Å²) in [6, 6.07) is 9.94. The molecule has 0 saturated carbocycles. The van der Waals surface area contributed by atoms with Crippen LogP contribution in [0.2, 0.25) is 5.02 Å². The van der Waals surface area contributed by atoms with Crippen molar-refractivity contribution in [1.82, 2.24) is 14.3 Å². The third-order valence-electron chi connectivity index (χ3n) is 5.25. The lowest BCUT2D eigenvalue weighted by Gasteiger charge is -2.31. The molecule has 0 atom stereocenters. The Labute approximate surface area is 182 Å². The Balaban J connectivity index is 1.33. The molecule has 1 aliphatic rings.